The molecule has 5 aromatic rings. The van der Waals surface area contributed by atoms with Crippen molar-refractivity contribution in [2.45, 2.75) is 25.3 Å². The van der Waals surface area contributed by atoms with E-state index in [0.717, 1.165) is 61.7 Å². The molecule has 8 heteroatoms. The first kappa shape index (κ1) is 22.4. The number of benzene rings is 2. The Hall–Kier alpha value is -4.06. The number of nitrogens with one attached hydrogen (secondary N) is 1. The van der Waals surface area contributed by atoms with Crippen molar-refractivity contribution in [2.75, 3.05) is 7.05 Å². The molecule has 0 saturated heterocycles. The molecule has 1 N–H and O–H groups in total. The van der Waals surface area contributed by atoms with Crippen LogP contribution in [0.25, 0.3) is 32.7 Å². The fourth-order valence-corrected chi connectivity index (χ4v) is 5.71. The van der Waals surface area contributed by atoms with Crippen molar-refractivity contribution in [3.63, 3.8) is 0 Å². The number of nitriles is 1. The van der Waals surface area contributed by atoms with E-state index in [0.29, 0.717) is 6.42 Å². The van der Waals surface area contributed by atoms with Crippen molar-refractivity contribution in [1.82, 2.24) is 24.8 Å². The molecular weight excluding hydrogens is 471 g/mol. The summed E-state index contributed by atoms with van der Waals surface area (Å²) < 4.78 is 16.8. The van der Waals surface area contributed by atoms with Gasteiger partial charge in [0, 0.05) is 43.4 Å². The van der Waals surface area contributed by atoms with Gasteiger partial charge in [-0.05, 0) is 53.9 Å². The Morgan fingerprint density at radius 3 is 2.78 bits per heavy atom. The molecule has 6 nitrogen and oxygen atoms in total. The second-order valence-electron chi connectivity index (χ2n) is 8.90. The Morgan fingerprint density at radius 2 is 1.94 bits per heavy atom. The van der Waals surface area contributed by atoms with Crippen LogP contribution in [-0.2, 0) is 6.42 Å². The third-order valence-corrected chi connectivity index (χ3v) is 7.50. The lowest BCUT2D eigenvalue weighted by Gasteiger charge is -2.18. The van der Waals surface area contributed by atoms with E-state index < -0.39 is 0 Å². The van der Waals surface area contributed by atoms with E-state index in [9.17, 15) is 4.39 Å². The first-order chi connectivity index (χ1) is 17.6. The molecule has 178 valence electrons. The summed E-state index contributed by atoms with van der Waals surface area (Å²) in [6.07, 6.45) is 8.30. The number of nitrogens with zero attached hydrogens (tertiary/aromatic N) is 5. The van der Waals surface area contributed by atoms with Gasteiger partial charge in [-0.2, -0.15) is 5.26 Å². The summed E-state index contributed by atoms with van der Waals surface area (Å²) in [4.78, 5) is 9.36. The SMILES string of the molecule is CN1C=C(c2ccc3ncc(-c4ccc5nc(CCCC#N)sc5c4)n3c2)C(c2ccc(F)cc2)N1. The summed E-state index contributed by atoms with van der Waals surface area (Å²) in [6, 6.07) is 19.2. The molecule has 0 spiro atoms. The van der Waals surface area contributed by atoms with Crippen molar-refractivity contribution < 1.29 is 4.39 Å². The van der Waals surface area contributed by atoms with Crippen molar-refractivity contribution in [3.8, 4) is 17.3 Å². The number of fused-ring (bicyclic) bond motifs is 2. The Kier molecular flexibility index (Phi) is 5.72. The number of pyridine rings is 1. The van der Waals surface area contributed by atoms with E-state index >= 15 is 0 Å². The van der Waals surface area contributed by atoms with Gasteiger partial charge in [0.25, 0.3) is 0 Å². The molecule has 6 rings (SSSR count). The fourth-order valence-electron chi connectivity index (χ4n) is 4.67. The van der Waals surface area contributed by atoms with Crippen molar-refractivity contribution in [1.29, 1.82) is 5.26 Å². The maximum atomic E-state index is 13.5. The van der Waals surface area contributed by atoms with Crippen LogP contribution in [0.15, 0.2) is 73.2 Å². The van der Waals surface area contributed by atoms with Crippen LogP contribution in [0.4, 0.5) is 4.39 Å². The van der Waals surface area contributed by atoms with Gasteiger partial charge >= 0.3 is 0 Å². The van der Waals surface area contributed by atoms with Crippen LogP contribution in [-0.4, -0.2) is 26.4 Å². The predicted molar refractivity (Wildman–Crippen MR) is 140 cm³/mol. The molecule has 4 heterocycles. The van der Waals surface area contributed by atoms with Crippen LogP contribution >= 0.6 is 11.3 Å². The number of imidazole rings is 1. The quantitative estimate of drug-likeness (QED) is 0.288. The van der Waals surface area contributed by atoms with Gasteiger partial charge < -0.3 is 5.01 Å². The van der Waals surface area contributed by atoms with Gasteiger partial charge in [0.1, 0.15) is 11.5 Å². The number of hydrogen-bond acceptors (Lipinski definition) is 6. The van der Waals surface area contributed by atoms with Gasteiger partial charge in [-0.15, -0.1) is 11.3 Å². The van der Waals surface area contributed by atoms with Crippen LogP contribution in [0.5, 0.6) is 0 Å². The van der Waals surface area contributed by atoms with Crippen LogP contribution in [0.1, 0.15) is 35.0 Å². The molecule has 36 heavy (non-hydrogen) atoms. The average Bonchev–Trinajstić information content (AvgIpc) is 3.60. The number of hydrogen-bond donors (Lipinski definition) is 1. The van der Waals surface area contributed by atoms with Crippen LogP contribution in [0.2, 0.25) is 0 Å². The standard InChI is InChI=1S/C28H23FN6S/c1-34-17-22(28(33-34)18-5-9-21(29)10-6-18)20-8-12-26-31-15-24(35(26)16-20)19-7-11-23-25(14-19)36-27(32-23)4-2-3-13-30/h5-12,14-17,28,33H,2-4H2,1H3. The zero-order valence-electron chi connectivity index (χ0n) is 19.6. The molecule has 0 amide bonds. The van der Waals surface area contributed by atoms with Crippen molar-refractivity contribution >= 4 is 32.8 Å². The molecule has 0 bridgehead atoms. The summed E-state index contributed by atoms with van der Waals surface area (Å²) in [5, 5.41) is 11.8. The number of thiazole rings is 1. The summed E-state index contributed by atoms with van der Waals surface area (Å²) in [5.74, 6) is -0.243. The van der Waals surface area contributed by atoms with E-state index in [1.54, 1.807) is 11.3 Å². The van der Waals surface area contributed by atoms with Crippen molar-refractivity contribution in [2.24, 2.45) is 0 Å². The Labute approximate surface area is 211 Å². The van der Waals surface area contributed by atoms with E-state index in [1.807, 2.05) is 36.5 Å². The van der Waals surface area contributed by atoms with Gasteiger partial charge in [0.2, 0.25) is 0 Å². The largest absolute Gasteiger partial charge is 0.317 e. The molecule has 2 aromatic carbocycles. The number of hydrazine groups is 1. The van der Waals surface area contributed by atoms with Gasteiger partial charge in [0.15, 0.2) is 0 Å². The number of aromatic nitrogens is 3. The highest BCUT2D eigenvalue weighted by atomic mass is 32.1. The molecule has 0 radical (unpaired) electrons. The third-order valence-electron chi connectivity index (χ3n) is 6.43. The van der Waals surface area contributed by atoms with E-state index in [1.165, 1.54) is 12.1 Å². The molecular formula is C28H23FN6S. The highest BCUT2D eigenvalue weighted by molar-refractivity contribution is 7.18. The van der Waals surface area contributed by atoms with E-state index in [4.69, 9.17) is 10.2 Å². The predicted octanol–water partition coefficient (Wildman–Crippen LogP) is 6.13. The Balaban J connectivity index is 1.36. The van der Waals surface area contributed by atoms with Crippen LogP contribution in [0.3, 0.4) is 0 Å². The van der Waals surface area contributed by atoms with Crippen molar-refractivity contribution in [3.05, 3.63) is 95.1 Å². The summed E-state index contributed by atoms with van der Waals surface area (Å²) in [7, 11) is 1.96. The molecule has 0 fully saturated rings. The lowest BCUT2D eigenvalue weighted by molar-refractivity contribution is 0.334. The molecule has 1 unspecified atom stereocenters. The first-order valence-electron chi connectivity index (χ1n) is 11.8. The Morgan fingerprint density at radius 1 is 1.11 bits per heavy atom. The minimum absolute atomic E-state index is 0.0759. The normalized spacial score (nSPS) is 15.5. The lowest BCUT2D eigenvalue weighted by Crippen LogP contribution is -2.27. The van der Waals surface area contributed by atoms with Crippen LogP contribution in [0, 0.1) is 17.1 Å². The summed E-state index contributed by atoms with van der Waals surface area (Å²) >= 11 is 1.69. The molecule has 1 aliphatic rings. The topological polar surface area (TPSA) is 69.2 Å². The van der Waals surface area contributed by atoms with Gasteiger partial charge in [0.05, 0.1) is 39.2 Å². The Bertz CT molecular complexity index is 1640. The average molecular weight is 495 g/mol. The second kappa shape index (κ2) is 9.19. The molecule has 0 saturated carbocycles. The first-order valence-corrected chi connectivity index (χ1v) is 12.6. The summed E-state index contributed by atoms with van der Waals surface area (Å²) in [6.45, 7) is 0. The highest BCUT2D eigenvalue weighted by Gasteiger charge is 2.25. The highest BCUT2D eigenvalue weighted by Crippen LogP contribution is 2.35. The zero-order valence-corrected chi connectivity index (χ0v) is 20.5. The molecule has 1 aliphatic heterocycles. The maximum absolute atomic E-state index is 13.5. The lowest BCUT2D eigenvalue weighted by atomic mass is 9.96. The maximum Gasteiger partial charge on any atom is 0.137 e. The van der Waals surface area contributed by atoms with E-state index in [-0.39, 0.29) is 11.9 Å². The van der Waals surface area contributed by atoms with E-state index in [2.05, 4.69) is 57.5 Å². The molecule has 1 atom stereocenters. The summed E-state index contributed by atoms with van der Waals surface area (Å²) in [5.41, 5.74) is 10.5. The molecule has 3 aromatic heterocycles. The van der Waals surface area contributed by atoms with Crippen LogP contribution < -0.4 is 5.43 Å². The minimum atomic E-state index is -0.243. The smallest absolute Gasteiger partial charge is 0.137 e. The molecule has 0 aliphatic carbocycles. The monoisotopic (exact) mass is 494 g/mol. The fraction of sp³-hybridized carbons (Fsp3) is 0.179. The number of rotatable bonds is 6. The van der Waals surface area contributed by atoms with Gasteiger partial charge in [-0.1, -0.05) is 18.2 Å². The second-order valence-corrected chi connectivity index (χ2v) is 10.0. The minimum Gasteiger partial charge on any atom is -0.317 e. The number of aryl methyl sites for hydroxylation is 1. The number of halogens is 1. The third kappa shape index (κ3) is 4.13. The number of unbranched alkanes of at least 4 members (excludes halogenated alkanes) is 1. The zero-order chi connectivity index (χ0) is 24.6. The van der Waals surface area contributed by atoms with Gasteiger partial charge in [-0.3, -0.25) is 4.40 Å². The van der Waals surface area contributed by atoms with Gasteiger partial charge in [-0.25, -0.2) is 19.8 Å².